The Morgan fingerprint density at radius 1 is 1.09 bits per heavy atom. The Bertz CT molecular complexity index is 979. The van der Waals surface area contributed by atoms with E-state index in [1.165, 1.54) is 0 Å². The molecule has 0 bridgehead atoms. The van der Waals surface area contributed by atoms with Crippen LogP contribution < -0.4 is 9.47 Å². The fourth-order valence-electron chi connectivity index (χ4n) is 3.82. The van der Waals surface area contributed by atoms with Crippen LogP contribution in [0.15, 0.2) is 67.0 Å². The standard InChI is InChI=1S/C25H31N3O4/c1-21-5-2-7-23(15-21)32-20-25(29)18-27(11-13-30-19-25)17-22-6-3-8-24(16-22)31-14-12-28-10-4-9-26-28/h2-10,15-16,29H,11-14,17-20H2,1H3/t25-/m1/s1. The predicted molar refractivity (Wildman–Crippen MR) is 122 cm³/mol. The number of rotatable bonds is 9. The van der Waals surface area contributed by atoms with Crippen molar-refractivity contribution in [1.29, 1.82) is 0 Å². The van der Waals surface area contributed by atoms with E-state index in [2.05, 4.69) is 22.1 Å². The first-order valence-electron chi connectivity index (χ1n) is 11.0. The summed E-state index contributed by atoms with van der Waals surface area (Å²) >= 11 is 0. The van der Waals surface area contributed by atoms with E-state index in [-0.39, 0.29) is 13.2 Å². The third-order valence-electron chi connectivity index (χ3n) is 5.39. The molecule has 7 nitrogen and oxygen atoms in total. The van der Waals surface area contributed by atoms with Gasteiger partial charge in [-0.25, -0.2) is 0 Å². The molecular weight excluding hydrogens is 406 g/mol. The second kappa shape index (κ2) is 10.6. The summed E-state index contributed by atoms with van der Waals surface area (Å²) < 4.78 is 19.3. The Morgan fingerprint density at radius 2 is 1.94 bits per heavy atom. The minimum Gasteiger partial charge on any atom is -0.492 e. The van der Waals surface area contributed by atoms with Crippen molar-refractivity contribution in [2.45, 2.75) is 25.6 Å². The molecule has 1 N–H and O–H groups in total. The van der Waals surface area contributed by atoms with Crippen molar-refractivity contribution in [3.63, 3.8) is 0 Å². The lowest BCUT2D eigenvalue weighted by Crippen LogP contribution is -2.48. The van der Waals surface area contributed by atoms with Crippen LogP contribution in [0.3, 0.4) is 0 Å². The van der Waals surface area contributed by atoms with E-state index in [1.54, 1.807) is 6.20 Å². The van der Waals surface area contributed by atoms with Gasteiger partial charge in [0.05, 0.1) is 19.8 Å². The van der Waals surface area contributed by atoms with Crippen LogP contribution in [0.1, 0.15) is 11.1 Å². The van der Waals surface area contributed by atoms with Crippen LogP contribution in [0.2, 0.25) is 0 Å². The van der Waals surface area contributed by atoms with E-state index in [0.717, 1.165) is 29.2 Å². The Balaban J connectivity index is 1.32. The van der Waals surface area contributed by atoms with Gasteiger partial charge in [0.2, 0.25) is 0 Å². The number of hydrogen-bond acceptors (Lipinski definition) is 6. The smallest absolute Gasteiger partial charge is 0.134 e. The molecular formula is C25H31N3O4. The molecule has 1 saturated heterocycles. The zero-order valence-corrected chi connectivity index (χ0v) is 18.5. The summed E-state index contributed by atoms with van der Waals surface area (Å²) in [5.41, 5.74) is 1.18. The lowest BCUT2D eigenvalue weighted by Gasteiger charge is -2.30. The Hall–Kier alpha value is -2.87. The Labute approximate surface area is 189 Å². The molecule has 0 spiro atoms. The third kappa shape index (κ3) is 6.56. The Kier molecular flexibility index (Phi) is 7.42. The number of aryl methyl sites for hydroxylation is 1. The van der Waals surface area contributed by atoms with Crippen molar-refractivity contribution in [1.82, 2.24) is 14.7 Å². The van der Waals surface area contributed by atoms with Gasteiger partial charge >= 0.3 is 0 Å². The van der Waals surface area contributed by atoms with Crippen LogP contribution in [0, 0.1) is 6.92 Å². The molecule has 32 heavy (non-hydrogen) atoms. The van der Waals surface area contributed by atoms with Crippen molar-refractivity contribution >= 4 is 0 Å². The van der Waals surface area contributed by atoms with Gasteiger partial charge < -0.3 is 19.3 Å². The number of nitrogens with zero attached hydrogens (tertiary/aromatic N) is 3. The number of benzene rings is 2. The number of β-amino-alcohol motifs (C(OH)–C–C–N with tert-alkyl or cyclic N) is 1. The second-order valence-electron chi connectivity index (χ2n) is 8.36. The summed E-state index contributed by atoms with van der Waals surface area (Å²) in [4.78, 5) is 2.20. The van der Waals surface area contributed by atoms with E-state index in [9.17, 15) is 5.11 Å². The van der Waals surface area contributed by atoms with Gasteiger partial charge in [0.1, 0.15) is 30.3 Å². The van der Waals surface area contributed by atoms with Crippen molar-refractivity contribution in [3.8, 4) is 11.5 Å². The number of aliphatic hydroxyl groups is 1. The molecule has 0 saturated carbocycles. The molecule has 2 aromatic carbocycles. The zero-order chi connectivity index (χ0) is 22.2. The number of ether oxygens (including phenoxy) is 3. The largest absolute Gasteiger partial charge is 0.492 e. The monoisotopic (exact) mass is 437 g/mol. The highest BCUT2D eigenvalue weighted by Gasteiger charge is 2.33. The zero-order valence-electron chi connectivity index (χ0n) is 18.5. The molecule has 1 aliphatic rings. The van der Waals surface area contributed by atoms with Crippen LogP contribution in [0.25, 0.3) is 0 Å². The van der Waals surface area contributed by atoms with Gasteiger partial charge in [-0.05, 0) is 48.4 Å². The van der Waals surface area contributed by atoms with Crippen LogP contribution in [-0.4, -0.2) is 64.9 Å². The maximum atomic E-state index is 11.2. The quantitative estimate of drug-likeness (QED) is 0.555. The topological polar surface area (TPSA) is 69.0 Å². The molecule has 170 valence electrons. The molecule has 1 aliphatic heterocycles. The molecule has 0 amide bonds. The molecule has 0 unspecified atom stereocenters. The first-order valence-corrected chi connectivity index (χ1v) is 11.0. The van der Waals surface area contributed by atoms with E-state index >= 15 is 0 Å². The van der Waals surface area contributed by atoms with Crippen LogP contribution >= 0.6 is 0 Å². The first kappa shape index (κ1) is 22.3. The summed E-state index contributed by atoms with van der Waals surface area (Å²) in [6, 6.07) is 17.8. The minimum atomic E-state index is -1.07. The maximum Gasteiger partial charge on any atom is 0.134 e. The average Bonchev–Trinajstić information content (AvgIpc) is 3.22. The Morgan fingerprint density at radius 3 is 2.75 bits per heavy atom. The van der Waals surface area contributed by atoms with Gasteiger partial charge in [-0.1, -0.05) is 24.3 Å². The third-order valence-corrected chi connectivity index (χ3v) is 5.39. The number of aromatic nitrogens is 2. The summed E-state index contributed by atoms with van der Waals surface area (Å²) in [5, 5.41) is 15.4. The highest BCUT2D eigenvalue weighted by Crippen LogP contribution is 2.20. The van der Waals surface area contributed by atoms with Crippen molar-refractivity contribution in [2.75, 3.05) is 39.5 Å². The van der Waals surface area contributed by atoms with E-state index in [0.29, 0.717) is 32.8 Å². The lowest BCUT2D eigenvalue weighted by molar-refractivity contribution is -0.0646. The van der Waals surface area contributed by atoms with Gasteiger partial charge in [0.15, 0.2) is 0 Å². The molecule has 0 aliphatic carbocycles. The highest BCUT2D eigenvalue weighted by atomic mass is 16.5. The second-order valence-corrected chi connectivity index (χ2v) is 8.36. The fourth-order valence-corrected chi connectivity index (χ4v) is 3.82. The summed E-state index contributed by atoms with van der Waals surface area (Å²) in [6.45, 7) is 6.22. The van der Waals surface area contributed by atoms with E-state index in [1.807, 2.05) is 60.3 Å². The SMILES string of the molecule is Cc1cccc(OC[C@]2(O)COCCN(Cc3cccc(OCCn4cccn4)c3)C2)c1. The average molecular weight is 438 g/mol. The van der Waals surface area contributed by atoms with Crippen LogP contribution in [0.4, 0.5) is 0 Å². The van der Waals surface area contributed by atoms with Gasteiger partial charge in [-0.15, -0.1) is 0 Å². The summed E-state index contributed by atoms with van der Waals surface area (Å²) in [5.74, 6) is 1.59. The van der Waals surface area contributed by atoms with E-state index < -0.39 is 5.60 Å². The van der Waals surface area contributed by atoms with Gasteiger partial charge in [0.25, 0.3) is 0 Å². The normalized spacial score (nSPS) is 19.4. The fraction of sp³-hybridized carbons (Fsp3) is 0.400. The van der Waals surface area contributed by atoms with Crippen LogP contribution in [-0.2, 0) is 17.8 Å². The molecule has 4 rings (SSSR count). The van der Waals surface area contributed by atoms with Crippen LogP contribution in [0.5, 0.6) is 11.5 Å². The maximum absolute atomic E-state index is 11.2. The van der Waals surface area contributed by atoms with Gasteiger partial charge in [-0.3, -0.25) is 9.58 Å². The molecule has 2 heterocycles. The molecule has 1 fully saturated rings. The molecule has 1 aromatic heterocycles. The van der Waals surface area contributed by atoms with Gasteiger partial charge in [0, 0.05) is 32.0 Å². The summed E-state index contributed by atoms with van der Waals surface area (Å²) in [7, 11) is 0. The van der Waals surface area contributed by atoms with Crippen molar-refractivity contribution in [2.24, 2.45) is 0 Å². The molecule has 7 heteroatoms. The lowest BCUT2D eigenvalue weighted by atomic mass is 10.1. The molecule has 1 atom stereocenters. The molecule has 3 aromatic rings. The minimum absolute atomic E-state index is 0.184. The van der Waals surface area contributed by atoms with Gasteiger partial charge in [-0.2, -0.15) is 5.10 Å². The predicted octanol–water partition coefficient (Wildman–Crippen LogP) is 2.91. The highest BCUT2D eigenvalue weighted by molar-refractivity contribution is 5.29. The number of hydrogen-bond donors (Lipinski definition) is 1. The van der Waals surface area contributed by atoms with Crippen molar-refractivity contribution in [3.05, 3.63) is 78.1 Å². The van der Waals surface area contributed by atoms with Crippen molar-refractivity contribution < 1.29 is 19.3 Å². The molecule has 0 radical (unpaired) electrons. The van der Waals surface area contributed by atoms with E-state index in [4.69, 9.17) is 14.2 Å². The first-order chi connectivity index (χ1) is 15.6. The summed E-state index contributed by atoms with van der Waals surface area (Å²) in [6.07, 6.45) is 3.68.